The number of carbonyl (C=O) groups is 1. The summed E-state index contributed by atoms with van der Waals surface area (Å²) < 4.78 is 5.02. The summed E-state index contributed by atoms with van der Waals surface area (Å²) in [5, 5.41) is 11.7. The van der Waals surface area contributed by atoms with Gasteiger partial charge in [0.05, 0.1) is 12.7 Å². The summed E-state index contributed by atoms with van der Waals surface area (Å²) in [5.74, 6) is -0.199. The van der Waals surface area contributed by atoms with Crippen molar-refractivity contribution >= 4 is 11.6 Å². The van der Waals surface area contributed by atoms with E-state index in [1.165, 1.54) is 0 Å². The molecule has 0 unspecified atom stereocenters. The van der Waals surface area contributed by atoms with Crippen LogP contribution in [-0.4, -0.2) is 13.0 Å². The maximum Gasteiger partial charge on any atom is 0.244 e. The summed E-state index contributed by atoms with van der Waals surface area (Å²) in [5.41, 5.74) is 0.926. The Hall–Kier alpha value is -1.86. The van der Waals surface area contributed by atoms with E-state index in [9.17, 15) is 4.79 Å². The van der Waals surface area contributed by atoms with E-state index in [1.807, 2.05) is 24.3 Å². The Balaban J connectivity index is 2.06. The molecule has 4 nitrogen and oxygen atoms in total. The van der Waals surface area contributed by atoms with Gasteiger partial charge in [-0.3, -0.25) is 4.79 Å². The predicted octanol–water partition coefficient (Wildman–Crippen LogP) is 2.08. The summed E-state index contributed by atoms with van der Waals surface area (Å²) in [7, 11) is 1.63. The van der Waals surface area contributed by atoms with Crippen LogP contribution in [0.25, 0.3) is 0 Å². The fourth-order valence-electron chi connectivity index (χ4n) is 1.67. The van der Waals surface area contributed by atoms with Gasteiger partial charge < -0.3 is 10.1 Å². The minimum Gasteiger partial charge on any atom is -0.380 e. The van der Waals surface area contributed by atoms with E-state index in [2.05, 4.69) is 11.4 Å². The van der Waals surface area contributed by atoms with E-state index in [0.29, 0.717) is 25.1 Å². The Kier molecular flexibility index (Phi) is 3.12. The molecule has 1 aliphatic carbocycles. The molecule has 88 valence electrons. The predicted molar refractivity (Wildman–Crippen MR) is 63.1 cm³/mol. The highest BCUT2D eigenvalue weighted by molar-refractivity contribution is 5.99. The summed E-state index contributed by atoms with van der Waals surface area (Å²) in [4.78, 5) is 11.8. The molecule has 1 fully saturated rings. The van der Waals surface area contributed by atoms with Gasteiger partial charge in [-0.2, -0.15) is 5.26 Å². The van der Waals surface area contributed by atoms with Crippen LogP contribution in [0, 0.1) is 16.7 Å². The molecule has 0 spiro atoms. The van der Waals surface area contributed by atoms with Crippen LogP contribution in [0.1, 0.15) is 18.4 Å². The molecule has 1 saturated carbocycles. The number of rotatable bonds is 4. The highest BCUT2D eigenvalue weighted by Crippen LogP contribution is 2.45. The summed E-state index contributed by atoms with van der Waals surface area (Å²) >= 11 is 0. The van der Waals surface area contributed by atoms with Gasteiger partial charge >= 0.3 is 0 Å². The van der Waals surface area contributed by atoms with Crippen LogP contribution in [-0.2, 0) is 16.1 Å². The van der Waals surface area contributed by atoms with Crippen molar-refractivity contribution < 1.29 is 9.53 Å². The molecule has 0 aromatic heterocycles. The largest absolute Gasteiger partial charge is 0.380 e. The summed E-state index contributed by atoms with van der Waals surface area (Å²) in [6.45, 7) is 0.507. The molecule has 0 bridgehead atoms. The van der Waals surface area contributed by atoms with Crippen molar-refractivity contribution in [2.75, 3.05) is 12.4 Å². The lowest BCUT2D eigenvalue weighted by Crippen LogP contribution is -2.22. The highest BCUT2D eigenvalue weighted by Gasteiger charge is 2.50. The number of benzene rings is 1. The lowest BCUT2D eigenvalue weighted by Gasteiger charge is -2.09. The number of methoxy groups -OCH3 is 1. The van der Waals surface area contributed by atoms with Crippen LogP contribution < -0.4 is 5.32 Å². The average molecular weight is 230 g/mol. The van der Waals surface area contributed by atoms with Crippen LogP contribution in [0.3, 0.4) is 0 Å². The first-order valence-corrected chi connectivity index (χ1v) is 5.51. The number of nitrogens with one attached hydrogen (secondary N) is 1. The molecule has 4 heteroatoms. The molecule has 1 aromatic carbocycles. The highest BCUT2D eigenvalue weighted by atomic mass is 16.5. The smallest absolute Gasteiger partial charge is 0.244 e. The van der Waals surface area contributed by atoms with Gasteiger partial charge in [-0.05, 0) is 30.5 Å². The number of carbonyl (C=O) groups excluding carboxylic acids is 1. The molecule has 1 N–H and O–H groups in total. The fourth-order valence-corrected chi connectivity index (χ4v) is 1.67. The first-order valence-electron chi connectivity index (χ1n) is 5.51. The standard InChI is InChI=1S/C13H14N2O2/c1-17-8-10-3-2-4-11(7-10)15-12(16)13(9-14)5-6-13/h2-4,7H,5-6,8H2,1H3,(H,15,16). The topological polar surface area (TPSA) is 62.1 Å². The van der Waals surface area contributed by atoms with E-state index in [-0.39, 0.29) is 5.91 Å². The number of hydrogen-bond acceptors (Lipinski definition) is 3. The lowest BCUT2D eigenvalue weighted by atomic mass is 10.1. The number of nitriles is 1. The Bertz CT molecular complexity index is 473. The molecule has 0 saturated heterocycles. The van der Waals surface area contributed by atoms with Crippen LogP contribution in [0.2, 0.25) is 0 Å². The van der Waals surface area contributed by atoms with Gasteiger partial charge in [-0.1, -0.05) is 12.1 Å². The normalized spacial score (nSPS) is 16.0. The summed E-state index contributed by atoms with van der Waals surface area (Å²) in [6, 6.07) is 9.53. The third-order valence-corrected chi connectivity index (χ3v) is 2.89. The average Bonchev–Trinajstić information content (AvgIpc) is 3.11. The molecule has 2 rings (SSSR count). The van der Waals surface area contributed by atoms with E-state index in [0.717, 1.165) is 5.56 Å². The molecule has 17 heavy (non-hydrogen) atoms. The van der Waals surface area contributed by atoms with Gasteiger partial charge in [0.15, 0.2) is 0 Å². The molecule has 0 radical (unpaired) electrons. The number of anilines is 1. The second-order valence-electron chi connectivity index (χ2n) is 4.28. The zero-order valence-electron chi connectivity index (χ0n) is 9.69. The molecule has 1 amide bonds. The zero-order valence-corrected chi connectivity index (χ0v) is 9.69. The minimum atomic E-state index is -0.780. The Morgan fingerprint density at radius 2 is 2.35 bits per heavy atom. The van der Waals surface area contributed by atoms with Gasteiger partial charge in [-0.15, -0.1) is 0 Å². The quantitative estimate of drug-likeness (QED) is 0.861. The van der Waals surface area contributed by atoms with E-state index in [1.54, 1.807) is 7.11 Å². The minimum absolute atomic E-state index is 0.199. The number of hydrogen-bond donors (Lipinski definition) is 1. The number of ether oxygens (including phenoxy) is 1. The third kappa shape index (κ3) is 2.45. The Morgan fingerprint density at radius 1 is 1.59 bits per heavy atom. The molecule has 0 heterocycles. The van der Waals surface area contributed by atoms with Crippen molar-refractivity contribution in [3.05, 3.63) is 29.8 Å². The van der Waals surface area contributed by atoms with Crippen LogP contribution in [0.15, 0.2) is 24.3 Å². The molecule has 0 atom stereocenters. The first-order chi connectivity index (χ1) is 8.20. The molecule has 0 aliphatic heterocycles. The van der Waals surface area contributed by atoms with E-state index in [4.69, 9.17) is 10.00 Å². The van der Waals surface area contributed by atoms with Gasteiger partial charge in [-0.25, -0.2) is 0 Å². The van der Waals surface area contributed by atoms with E-state index < -0.39 is 5.41 Å². The number of nitrogens with zero attached hydrogens (tertiary/aromatic N) is 1. The molecule has 1 aromatic rings. The van der Waals surface area contributed by atoms with Crippen molar-refractivity contribution in [3.63, 3.8) is 0 Å². The van der Waals surface area contributed by atoms with Crippen molar-refractivity contribution in [3.8, 4) is 6.07 Å². The first kappa shape index (κ1) is 11.6. The number of amides is 1. The van der Waals surface area contributed by atoms with E-state index >= 15 is 0 Å². The van der Waals surface area contributed by atoms with Crippen LogP contribution in [0.5, 0.6) is 0 Å². The van der Waals surface area contributed by atoms with Crippen LogP contribution in [0.4, 0.5) is 5.69 Å². The maximum absolute atomic E-state index is 11.8. The molecular weight excluding hydrogens is 216 g/mol. The fraction of sp³-hybridized carbons (Fsp3) is 0.385. The van der Waals surface area contributed by atoms with Crippen molar-refractivity contribution in [2.24, 2.45) is 5.41 Å². The van der Waals surface area contributed by atoms with Crippen molar-refractivity contribution in [1.29, 1.82) is 5.26 Å². The maximum atomic E-state index is 11.8. The summed E-state index contributed by atoms with van der Waals surface area (Å²) in [6.07, 6.45) is 1.32. The monoisotopic (exact) mass is 230 g/mol. The second-order valence-corrected chi connectivity index (χ2v) is 4.28. The zero-order chi connectivity index (χ0) is 12.3. The molecule has 1 aliphatic rings. The van der Waals surface area contributed by atoms with Gasteiger partial charge in [0, 0.05) is 12.8 Å². The van der Waals surface area contributed by atoms with Gasteiger partial charge in [0.1, 0.15) is 5.41 Å². The lowest BCUT2D eigenvalue weighted by molar-refractivity contribution is -0.119. The van der Waals surface area contributed by atoms with Gasteiger partial charge in [0.25, 0.3) is 0 Å². The SMILES string of the molecule is COCc1cccc(NC(=O)C2(C#N)CC2)c1. The van der Waals surface area contributed by atoms with Crippen molar-refractivity contribution in [1.82, 2.24) is 0 Å². The third-order valence-electron chi connectivity index (χ3n) is 2.89. The second kappa shape index (κ2) is 4.56. The van der Waals surface area contributed by atoms with Crippen molar-refractivity contribution in [2.45, 2.75) is 19.4 Å². The van der Waals surface area contributed by atoms with Gasteiger partial charge in [0.2, 0.25) is 5.91 Å². The molecular formula is C13H14N2O2. The Morgan fingerprint density at radius 3 is 2.94 bits per heavy atom. The Labute approximate surface area is 100 Å². The van der Waals surface area contributed by atoms with Crippen LogP contribution >= 0.6 is 0 Å².